The molecule has 3 rings (SSSR count). The van der Waals surface area contributed by atoms with Crippen LogP contribution in [-0.4, -0.2) is 19.1 Å². The van der Waals surface area contributed by atoms with Crippen LogP contribution in [0.15, 0.2) is 42.5 Å². The van der Waals surface area contributed by atoms with Crippen LogP contribution in [-0.2, 0) is 11.3 Å². The Morgan fingerprint density at radius 1 is 1.11 bits per heavy atom. The van der Waals surface area contributed by atoms with Crippen molar-refractivity contribution < 1.29 is 10.2 Å². The van der Waals surface area contributed by atoms with Gasteiger partial charge in [-0.25, -0.2) is 0 Å². The first-order valence-electron chi connectivity index (χ1n) is 8.22. The number of hydrogen-bond donors (Lipinski definition) is 1. The molecule has 0 aromatic heterocycles. The van der Waals surface area contributed by atoms with Gasteiger partial charge in [0.15, 0.2) is 0 Å². The number of nitrogens with one attached hydrogen (secondary N) is 1. The van der Waals surface area contributed by atoms with Crippen LogP contribution in [0.3, 0.4) is 0 Å². The molecule has 2 heteroatoms. The quantitative estimate of drug-likeness (QED) is 0.841. The highest BCUT2D eigenvalue weighted by Gasteiger charge is 2.12. The van der Waals surface area contributed by atoms with E-state index in [4.69, 9.17) is 10.2 Å². The van der Waals surface area contributed by atoms with E-state index >= 15 is 0 Å². The lowest BCUT2D eigenvalue weighted by atomic mass is 10.1. The number of hydrogen-bond acceptors (Lipinski definition) is 2. The van der Waals surface area contributed by atoms with Gasteiger partial charge < -0.3 is 10.1 Å². The third-order valence-electron chi connectivity index (χ3n) is 3.14. The molecule has 94 valence electrons. The largest absolute Gasteiger partial charge is 0.373 e. The molecule has 0 bridgehead atoms. The Morgan fingerprint density at radius 2 is 1.89 bits per heavy atom. The van der Waals surface area contributed by atoms with Crippen LogP contribution in [0.1, 0.15) is 23.9 Å². The van der Waals surface area contributed by atoms with Gasteiger partial charge in [-0.3, -0.25) is 0 Å². The summed E-state index contributed by atoms with van der Waals surface area (Å²) in [4.78, 5) is 0. The molecule has 0 saturated carbocycles. The zero-order valence-corrected chi connectivity index (χ0v) is 10.1. The first-order chi connectivity index (χ1) is 10.3. The van der Waals surface area contributed by atoms with E-state index in [9.17, 15) is 0 Å². The summed E-state index contributed by atoms with van der Waals surface area (Å²) in [5.74, 6) is 0. The van der Waals surface area contributed by atoms with Crippen LogP contribution >= 0.6 is 0 Å². The van der Waals surface area contributed by atoms with Gasteiger partial charge >= 0.3 is 0 Å². The summed E-state index contributed by atoms with van der Waals surface area (Å²) >= 11 is 0. The van der Waals surface area contributed by atoms with Crippen LogP contribution < -0.4 is 5.32 Å². The van der Waals surface area contributed by atoms with Crippen molar-refractivity contribution in [1.29, 1.82) is 0 Å². The lowest BCUT2D eigenvalue weighted by Gasteiger charge is -2.23. The second kappa shape index (κ2) is 5.51. The summed E-state index contributed by atoms with van der Waals surface area (Å²) in [6.45, 7) is -3.12. The van der Waals surface area contributed by atoms with Gasteiger partial charge in [0.2, 0.25) is 0 Å². The van der Waals surface area contributed by atoms with Crippen LogP contribution in [0.5, 0.6) is 0 Å². The van der Waals surface area contributed by atoms with Gasteiger partial charge in [0.25, 0.3) is 0 Å². The zero-order chi connectivity index (χ0) is 15.8. The van der Waals surface area contributed by atoms with E-state index in [0.29, 0.717) is 6.61 Å². The molecule has 0 aliphatic carbocycles. The lowest BCUT2D eigenvalue weighted by Crippen LogP contribution is -2.32. The van der Waals surface area contributed by atoms with Crippen molar-refractivity contribution in [2.24, 2.45) is 0 Å². The Bertz CT molecular complexity index is 658. The van der Waals surface area contributed by atoms with Gasteiger partial charge in [-0.05, 0) is 48.2 Å². The number of ether oxygens (including phenoxy) is 1. The molecule has 1 aliphatic heterocycles. The number of benzene rings is 2. The van der Waals surface area contributed by atoms with E-state index in [0.717, 1.165) is 10.9 Å². The maximum atomic E-state index is 7.74. The highest BCUT2D eigenvalue weighted by molar-refractivity contribution is 5.82. The van der Waals surface area contributed by atoms with Crippen molar-refractivity contribution in [3.8, 4) is 0 Å². The molecule has 0 unspecified atom stereocenters. The summed E-state index contributed by atoms with van der Waals surface area (Å²) in [6.07, 6.45) is -0.127. The van der Waals surface area contributed by atoms with Crippen LogP contribution in [0, 0.1) is 0 Å². The summed E-state index contributed by atoms with van der Waals surface area (Å²) in [5, 5.41) is 4.68. The van der Waals surface area contributed by atoms with Gasteiger partial charge in [-0.2, -0.15) is 0 Å². The van der Waals surface area contributed by atoms with Gasteiger partial charge in [-0.15, -0.1) is 0 Å². The average molecular weight is 247 g/mol. The fraction of sp³-hybridized carbons (Fsp3) is 0.375. The summed E-state index contributed by atoms with van der Waals surface area (Å²) in [7, 11) is 0. The number of fused-ring (bicyclic) bond motifs is 1. The highest BCUT2D eigenvalue weighted by atomic mass is 16.5. The summed E-state index contributed by atoms with van der Waals surface area (Å²) in [5.41, 5.74) is 1.01. The van der Waals surface area contributed by atoms with E-state index in [2.05, 4.69) is 17.4 Å². The molecule has 2 aromatic rings. The van der Waals surface area contributed by atoms with E-state index in [-0.39, 0.29) is 12.8 Å². The molecule has 0 radical (unpaired) electrons. The monoisotopic (exact) mass is 247 g/mol. The Kier molecular flexibility index (Phi) is 2.43. The van der Waals surface area contributed by atoms with E-state index in [1.165, 1.54) is 5.39 Å². The maximum Gasteiger partial charge on any atom is 0.0720 e. The van der Waals surface area contributed by atoms with Crippen molar-refractivity contribution in [2.45, 2.75) is 25.6 Å². The van der Waals surface area contributed by atoms with Crippen molar-refractivity contribution in [3.05, 3.63) is 48.0 Å². The topological polar surface area (TPSA) is 21.3 Å². The minimum atomic E-state index is -1.74. The highest BCUT2D eigenvalue weighted by Crippen LogP contribution is 2.17. The minimum Gasteiger partial charge on any atom is -0.373 e. The predicted octanol–water partition coefficient (Wildman–Crippen LogP) is 3.11. The Morgan fingerprint density at radius 3 is 2.72 bits per heavy atom. The van der Waals surface area contributed by atoms with Gasteiger partial charge in [-0.1, -0.05) is 36.4 Å². The van der Waals surface area contributed by atoms with Gasteiger partial charge in [0, 0.05) is 5.48 Å². The average Bonchev–Trinajstić information content (AvgIpc) is 2.41. The second-order valence-electron chi connectivity index (χ2n) is 4.50. The standard InChI is InChI=1S/C16H19NO/c1-2-4-15-11-13(5-6-14(15)3-1)12-18-16-7-9-17-10-8-16/h1-6,11,16-17H,7-10,12H2/i9+1D2,10+1D2. The second-order valence-corrected chi connectivity index (χ2v) is 4.50. The minimum absolute atomic E-state index is 0.153. The molecule has 1 heterocycles. The zero-order valence-electron chi connectivity index (χ0n) is 14.1. The molecular formula is C16H19NO. The smallest absolute Gasteiger partial charge is 0.0720 e. The van der Waals surface area contributed by atoms with E-state index < -0.39 is 19.1 Å². The molecule has 2 aromatic carbocycles. The maximum absolute atomic E-state index is 7.74. The lowest BCUT2D eigenvalue weighted by molar-refractivity contribution is 0.0213. The molecule has 1 aliphatic rings. The molecule has 1 N–H and O–H groups in total. The molecule has 1 fully saturated rings. The number of piperidine rings is 1. The van der Waals surface area contributed by atoms with Crippen LogP contribution in [0.25, 0.3) is 10.8 Å². The van der Waals surface area contributed by atoms with Crippen LogP contribution in [0.4, 0.5) is 0 Å². The molecule has 0 amide bonds. The Hall–Kier alpha value is -1.38. The third kappa shape index (κ3) is 2.71. The Labute approximate surface area is 114 Å². The van der Waals surface area contributed by atoms with Crippen molar-refractivity contribution in [1.82, 2.24) is 5.32 Å². The van der Waals surface area contributed by atoms with Crippen molar-refractivity contribution in [2.75, 3.05) is 13.0 Å². The van der Waals surface area contributed by atoms with Crippen molar-refractivity contribution in [3.63, 3.8) is 0 Å². The van der Waals surface area contributed by atoms with Crippen LogP contribution in [0.2, 0.25) is 0 Å². The first-order valence-corrected chi connectivity index (χ1v) is 6.22. The first kappa shape index (κ1) is 7.93. The van der Waals surface area contributed by atoms with Crippen molar-refractivity contribution >= 4 is 10.8 Å². The predicted molar refractivity (Wildman–Crippen MR) is 74.6 cm³/mol. The Balaban J connectivity index is 1.68. The molecular weight excluding hydrogens is 224 g/mol. The van der Waals surface area contributed by atoms with Gasteiger partial charge in [0.05, 0.1) is 12.7 Å². The molecule has 1 saturated heterocycles. The third-order valence-corrected chi connectivity index (χ3v) is 3.14. The molecule has 18 heavy (non-hydrogen) atoms. The van der Waals surface area contributed by atoms with E-state index in [1.54, 1.807) is 0 Å². The SMILES string of the molecule is [2H][13C]1([2H])CC(OCc2ccc3ccccc3c2)C[13C]([2H])([2H])N1. The van der Waals surface area contributed by atoms with Gasteiger partial charge in [0.1, 0.15) is 0 Å². The molecule has 0 atom stereocenters. The summed E-state index contributed by atoms with van der Waals surface area (Å²) < 4.78 is 36.7. The normalized spacial score (nSPS) is 26.0. The fourth-order valence-electron chi connectivity index (χ4n) is 2.12. The fourth-order valence-corrected chi connectivity index (χ4v) is 2.12. The molecule has 2 nitrogen and oxygen atoms in total. The summed E-state index contributed by atoms with van der Waals surface area (Å²) in [6, 6.07) is 14.2. The molecule has 0 spiro atoms. The number of rotatable bonds is 3. The van der Waals surface area contributed by atoms with E-state index in [1.807, 2.05) is 30.3 Å².